The Labute approximate surface area is 90.8 Å². The minimum Gasteiger partial charge on any atom is -0.0885 e. The van der Waals surface area contributed by atoms with E-state index < -0.39 is 0 Å². The topological polar surface area (TPSA) is 0 Å². The summed E-state index contributed by atoms with van der Waals surface area (Å²) in [5.41, 5.74) is 1.63. The lowest BCUT2D eigenvalue weighted by Gasteiger charge is -2.05. The second kappa shape index (κ2) is 9.30. The third-order valence-electron chi connectivity index (χ3n) is 2.89. The average Bonchev–Trinajstić information content (AvgIpc) is 2.16. The van der Waals surface area contributed by atoms with Crippen LogP contribution in [0.5, 0.6) is 0 Å². The highest BCUT2D eigenvalue weighted by Crippen LogP contribution is 2.14. The van der Waals surface area contributed by atoms with Crippen LogP contribution in [-0.4, -0.2) is 0 Å². The van der Waals surface area contributed by atoms with Gasteiger partial charge >= 0.3 is 0 Å². The Balaban J connectivity index is 3.21. The predicted octanol–water partition coefficient (Wildman–Crippen LogP) is 5.34. The Morgan fingerprint density at radius 1 is 1.07 bits per heavy atom. The van der Waals surface area contributed by atoms with Crippen molar-refractivity contribution in [1.82, 2.24) is 0 Å². The van der Waals surface area contributed by atoms with Crippen LogP contribution in [0.4, 0.5) is 0 Å². The second-order valence-corrected chi connectivity index (χ2v) is 4.65. The van der Waals surface area contributed by atoms with Crippen molar-refractivity contribution in [2.24, 2.45) is 5.92 Å². The van der Waals surface area contributed by atoms with E-state index in [2.05, 4.69) is 33.8 Å². The van der Waals surface area contributed by atoms with E-state index in [9.17, 15) is 0 Å². The van der Waals surface area contributed by atoms with Crippen molar-refractivity contribution in [3.63, 3.8) is 0 Å². The zero-order valence-electron chi connectivity index (χ0n) is 10.6. The van der Waals surface area contributed by atoms with Crippen LogP contribution in [0.3, 0.4) is 0 Å². The van der Waals surface area contributed by atoms with Crippen LogP contribution in [0.1, 0.15) is 72.6 Å². The molecule has 0 rings (SSSR count). The van der Waals surface area contributed by atoms with Crippen LogP contribution >= 0.6 is 0 Å². The van der Waals surface area contributed by atoms with Crippen molar-refractivity contribution in [2.45, 2.75) is 72.6 Å². The summed E-state index contributed by atoms with van der Waals surface area (Å²) >= 11 is 0. The third kappa shape index (κ3) is 8.34. The maximum Gasteiger partial charge on any atom is -0.0321 e. The molecule has 0 fully saturated rings. The Morgan fingerprint density at radius 2 is 1.71 bits per heavy atom. The van der Waals surface area contributed by atoms with E-state index in [1.807, 2.05) is 0 Å². The van der Waals surface area contributed by atoms with Crippen molar-refractivity contribution in [3.8, 4) is 0 Å². The third-order valence-corrected chi connectivity index (χ3v) is 2.89. The molecular formula is C14H28. The van der Waals surface area contributed by atoms with Gasteiger partial charge < -0.3 is 0 Å². The lowest BCUT2D eigenvalue weighted by molar-refractivity contribution is 0.519. The van der Waals surface area contributed by atoms with Crippen LogP contribution in [0, 0.1) is 5.92 Å². The van der Waals surface area contributed by atoms with E-state index in [1.54, 1.807) is 5.57 Å². The fourth-order valence-corrected chi connectivity index (χ4v) is 1.78. The first-order valence-electron chi connectivity index (χ1n) is 6.34. The Hall–Kier alpha value is -0.260. The molecule has 0 bridgehead atoms. The number of hydrogen-bond acceptors (Lipinski definition) is 0. The SMILES string of the molecule is CC=C(CC)CCCCCCC(C)C. The van der Waals surface area contributed by atoms with Crippen LogP contribution in [0.2, 0.25) is 0 Å². The van der Waals surface area contributed by atoms with Crippen LogP contribution in [-0.2, 0) is 0 Å². The van der Waals surface area contributed by atoms with Gasteiger partial charge in [-0.25, -0.2) is 0 Å². The van der Waals surface area contributed by atoms with Gasteiger partial charge in [-0.2, -0.15) is 0 Å². The van der Waals surface area contributed by atoms with Gasteiger partial charge in [-0.1, -0.05) is 58.1 Å². The van der Waals surface area contributed by atoms with Crippen molar-refractivity contribution in [1.29, 1.82) is 0 Å². The summed E-state index contributed by atoms with van der Waals surface area (Å²) in [5, 5.41) is 0. The predicted molar refractivity (Wildman–Crippen MR) is 66.6 cm³/mol. The molecule has 0 unspecified atom stereocenters. The van der Waals surface area contributed by atoms with Crippen LogP contribution < -0.4 is 0 Å². The summed E-state index contributed by atoms with van der Waals surface area (Å²) in [7, 11) is 0. The molecule has 0 aliphatic rings. The van der Waals surface area contributed by atoms with Gasteiger partial charge in [0.2, 0.25) is 0 Å². The Kier molecular flexibility index (Phi) is 9.13. The molecule has 0 amide bonds. The summed E-state index contributed by atoms with van der Waals surface area (Å²) in [6.07, 6.45) is 11.9. The lowest BCUT2D eigenvalue weighted by atomic mass is 10.0. The Bertz CT molecular complexity index is 142. The minimum atomic E-state index is 0.886. The van der Waals surface area contributed by atoms with Crippen molar-refractivity contribution in [3.05, 3.63) is 11.6 Å². The molecule has 0 aromatic rings. The molecule has 0 atom stereocenters. The number of allylic oxidation sites excluding steroid dienone is 2. The fourth-order valence-electron chi connectivity index (χ4n) is 1.78. The maximum atomic E-state index is 2.31. The van der Waals surface area contributed by atoms with E-state index in [0.29, 0.717) is 0 Å². The van der Waals surface area contributed by atoms with E-state index >= 15 is 0 Å². The second-order valence-electron chi connectivity index (χ2n) is 4.65. The van der Waals surface area contributed by atoms with Gasteiger partial charge in [0, 0.05) is 0 Å². The molecule has 84 valence electrons. The first-order valence-corrected chi connectivity index (χ1v) is 6.34. The van der Waals surface area contributed by atoms with Gasteiger partial charge in [-0.3, -0.25) is 0 Å². The summed E-state index contributed by atoms with van der Waals surface area (Å²) in [6, 6.07) is 0. The molecule has 0 nitrogen and oxygen atoms in total. The largest absolute Gasteiger partial charge is 0.0885 e. The molecule has 0 spiro atoms. The highest BCUT2D eigenvalue weighted by molar-refractivity contribution is 4.98. The van der Waals surface area contributed by atoms with E-state index in [1.165, 1.54) is 44.9 Å². The van der Waals surface area contributed by atoms with Crippen molar-refractivity contribution < 1.29 is 0 Å². The average molecular weight is 196 g/mol. The van der Waals surface area contributed by atoms with Gasteiger partial charge in [-0.15, -0.1) is 0 Å². The monoisotopic (exact) mass is 196 g/mol. The number of rotatable bonds is 8. The van der Waals surface area contributed by atoms with E-state index in [4.69, 9.17) is 0 Å². The van der Waals surface area contributed by atoms with E-state index in [-0.39, 0.29) is 0 Å². The molecule has 0 radical (unpaired) electrons. The summed E-state index contributed by atoms with van der Waals surface area (Å²) < 4.78 is 0. The molecule has 0 saturated heterocycles. The number of hydrogen-bond donors (Lipinski definition) is 0. The van der Waals surface area contributed by atoms with Gasteiger partial charge in [-0.05, 0) is 32.1 Å². The van der Waals surface area contributed by atoms with Crippen molar-refractivity contribution >= 4 is 0 Å². The van der Waals surface area contributed by atoms with Crippen LogP contribution in [0.25, 0.3) is 0 Å². The summed E-state index contributed by atoms with van der Waals surface area (Å²) in [5.74, 6) is 0.886. The van der Waals surface area contributed by atoms with Gasteiger partial charge in [0.1, 0.15) is 0 Å². The molecule has 0 aliphatic heterocycles. The van der Waals surface area contributed by atoms with Gasteiger partial charge in [0.05, 0.1) is 0 Å². The van der Waals surface area contributed by atoms with Crippen molar-refractivity contribution in [2.75, 3.05) is 0 Å². The quantitative estimate of drug-likeness (QED) is 0.363. The molecular weight excluding hydrogens is 168 g/mol. The molecule has 0 heteroatoms. The zero-order chi connectivity index (χ0) is 10.8. The highest BCUT2D eigenvalue weighted by atomic mass is 14.0. The molecule has 0 saturated carbocycles. The standard InChI is InChI=1S/C14H28/c1-5-14(6-2)12-10-8-7-9-11-13(3)4/h5,13H,6-12H2,1-4H3. The molecule has 0 N–H and O–H groups in total. The minimum absolute atomic E-state index is 0.886. The van der Waals surface area contributed by atoms with Crippen LogP contribution in [0.15, 0.2) is 11.6 Å². The molecule has 0 aliphatic carbocycles. The van der Waals surface area contributed by atoms with E-state index in [0.717, 1.165) is 5.92 Å². The normalized spacial score (nSPS) is 12.5. The smallest absolute Gasteiger partial charge is 0.0321 e. The molecule has 0 heterocycles. The molecule has 0 aromatic heterocycles. The first kappa shape index (κ1) is 13.7. The van der Waals surface area contributed by atoms with Gasteiger partial charge in [0.25, 0.3) is 0 Å². The Morgan fingerprint density at radius 3 is 2.21 bits per heavy atom. The zero-order valence-corrected chi connectivity index (χ0v) is 10.6. The highest BCUT2D eigenvalue weighted by Gasteiger charge is 1.96. The molecule has 0 aromatic carbocycles. The summed E-state index contributed by atoms with van der Waals surface area (Å²) in [6.45, 7) is 9.05. The molecule has 14 heavy (non-hydrogen) atoms. The lowest BCUT2D eigenvalue weighted by Crippen LogP contribution is -1.88. The fraction of sp³-hybridized carbons (Fsp3) is 0.857. The number of unbranched alkanes of at least 4 members (excludes halogenated alkanes) is 3. The van der Waals surface area contributed by atoms with Gasteiger partial charge in [0.15, 0.2) is 0 Å². The first-order chi connectivity index (χ1) is 6.70. The summed E-state index contributed by atoms with van der Waals surface area (Å²) in [4.78, 5) is 0. The maximum absolute atomic E-state index is 2.31.